The van der Waals surface area contributed by atoms with E-state index in [-0.39, 0.29) is 29.3 Å². The second-order valence-electron chi connectivity index (χ2n) is 13.3. The molecular weight excluding hydrogens is 616 g/mol. The Morgan fingerprint density at radius 3 is 2.27 bits per heavy atom. The highest BCUT2D eigenvalue weighted by atomic mass is 16.2. The normalized spacial score (nSPS) is 13.7. The van der Waals surface area contributed by atoms with E-state index in [0.717, 1.165) is 29.7 Å². The minimum atomic E-state index is -0.828. The fourth-order valence-electron chi connectivity index (χ4n) is 7.22. The van der Waals surface area contributed by atoms with E-state index < -0.39 is 11.3 Å². The van der Waals surface area contributed by atoms with Crippen molar-refractivity contribution in [2.24, 2.45) is 11.7 Å². The van der Waals surface area contributed by atoms with Gasteiger partial charge in [-0.3, -0.25) is 14.4 Å². The molecule has 2 amide bonds. The predicted octanol–water partition coefficient (Wildman–Crippen LogP) is 5.70. The highest BCUT2D eigenvalue weighted by molar-refractivity contribution is 6.01. The number of rotatable bonds is 7. The summed E-state index contributed by atoms with van der Waals surface area (Å²) < 4.78 is 3.82. The molecule has 0 saturated carbocycles. The summed E-state index contributed by atoms with van der Waals surface area (Å²) >= 11 is 0. The van der Waals surface area contributed by atoms with Crippen LogP contribution in [0.2, 0.25) is 0 Å². The van der Waals surface area contributed by atoms with Gasteiger partial charge in [0.1, 0.15) is 17.4 Å². The number of nitrogen functional groups attached to an aromatic ring is 1. The number of nitrogens with zero attached hydrogens (tertiary/aromatic N) is 6. The van der Waals surface area contributed by atoms with E-state index in [1.54, 1.807) is 24.3 Å². The van der Waals surface area contributed by atoms with E-state index >= 15 is 0 Å². The van der Waals surface area contributed by atoms with E-state index in [9.17, 15) is 19.6 Å². The molecule has 250 valence electrons. The first-order valence-corrected chi connectivity index (χ1v) is 16.5. The van der Waals surface area contributed by atoms with Crippen molar-refractivity contribution in [1.82, 2.24) is 24.1 Å². The van der Waals surface area contributed by atoms with Crippen LogP contribution >= 0.6 is 0 Å². The molecule has 0 aliphatic carbocycles. The molecule has 1 aliphatic rings. The Morgan fingerprint density at radius 2 is 1.65 bits per heavy atom. The molecule has 3 aromatic heterocycles. The number of hydrogen-bond acceptors (Lipinski definition) is 7. The number of piperidine rings is 1. The number of primary amides is 1. The predicted molar refractivity (Wildman–Crippen MR) is 190 cm³/mol. The summed E-state index contributed by atoms with van der Waals surface area (Å²) in [5.74, 6) is -0.161. The monoisotopic (exact) mass is 656 g/mol. The molecule has 0 bridgehead atoms. The Balaban J connectivity index is 1.45. The molecule has 1 fully saturated rings. The Kier molecular flexibility index (Phi) is 8.82. The Hall–Kier alpha value is -5.76. The largest absolute Gasteiger partial charge is 0.382 e. The maximum absolute atomic E-state index is 14.1. The van der Waals surface area contributed by atoms with Gasteiger partial charge in [-0.15, -0.1) is 0 Å². The average Bonchev–Trinajstić information content (AvgIpc) is 3.48. The quantitative estimate of drug-likeness (QED) is 0.227. The van der Waals surface area contributed by atoms with Gasteiger partial charge in [0.25, 0.3) is 5.91 Å². The van der Waals surface area contributed by atoms with Crippen LogP contribution in [0.5, 0.6) is 0 Å². The number of likely N-dealkylation sites (tertiary alicyclic amines) is 1. The summed E-state index contributed by atoms with van der Waals surface area (Å²) in [6.07, 6.45) is 3.08. The van der Waals surface area contributed by atoms with Gasteiger partial charge in [-0.1, -0.05) is 50.2 Å². The van der Waals surface area contributed by atoms with Crippen LogP contribution in [0.3, 0.4) is 0 Å². The molecule has 4 heterocycles. The smallest absolute Gasteiger partial charge is 0.254 e. The molecule has 11 nitrogen and oxygen atoms in total. The number of carbonyl (C=O) groups is 2. The van der Waals surface area contributed by atoms with E-state index in [1.165, 1.54) is 6.33 Å². The number of hydrogen-bond donors (Lipinski definition) is 2. The van der Waals surface area contributed by atoms with Crippen LogP contribution in [-0.4, -0.2) is 49.0 Å². The Morgan fingerprint density at radius 1 is 0.980 bits per heavy atom. The number of carbonyl (C=O) groups excluding carboxylic acids is 2. The van der Waals surface area contributed by atoms with Crippen molar-refractivity contribution in [2.45, 2.75) is 59.4 Å². The van der Waals surface area contributed by atoms with Gasteiger partial charge < -0.3 is 20.9 Å². The summed E-state index contributed by atoms with van der Waals surface area (Å²) in [5.41, 5.74) is 18.3. The van der Waals surface area contributed by atoms with Crippen LogP contribution in [0.4, 0.5) is 5.82 Å². The second-order valence-corrected chi connectivity index (χ2v) is 13.3. The molecular formula is C38H40N8O3. The highest BCUT2D eigenvalue weighted by Gasteiger charge is 2.29. The van der Waals surface area contributed by atoms with Gasteiger partial charge in [-0.25, -0.2) is 9.50 Å². The molecule has 1 saturated heterocycles. The van der Waals surface area contributed by atoms with Gasteiger partial charge in [-0.05, 0) is 68.5 Å². The Labute approximate surface area is 284 Å². The highest BCUT2D eigenvalue weighted by Crippen LogP contribution is 2.38. The molecule has 5 aromatic rings. The van der Waals surface area contributed by atoms with Crippen LogP contribution in [0.15, 0.2) is 65.7 Å². The fourth-order valence-corrected chi connectivity index (χ4v) is 7.22. The number of amides is 2. The van der Waals surface area contributed by atoms with Crippen LogP contribution in [0.1, 0.15) is 79.8 Å². The standard InChI is InChI=1S/C38H40N8O3/c1-21(2)38(49)44-15-13-26(14-16-44)30-18-29(34-36(40)42-20-43-46(30)34)25-9-11-27(12-10-25)33-32(37(41)48)35(47)31(23(5)45(33)22(3)4)28-8-6-7-24(17-28)19-39/h6-12,17-18,20-22,26H,13-16H2,1-5H3,(H2,41,48)(H2,40,42,43). The van der Waals surface area contributed by atoms with Crippen molar-refractivity contribution < 1.29 is 9.59 Å². The second kappa shape index (κ2) is 13.0. The summed E-state index contributed by atoms with van der Waals surface area (Å²) in [6, 6.07) is 18.5. The molecule has 49 heavy (non-hydrogen) atoms. The van der Waals surface area contributed by atoms with Crippen molar-refractivity contribution in [3.05, 3.63) is 93.7 Å². The van der Waals surface area contributed by atoms with Gasteiger partial charge in [-0.2, -0.15) is 10.4 Å². The minimum Gasteiger partial charge on any atom is -0.382 e. The van der Waals surface area contributed by atoms with E-state index in [1.807, 2.05) is 72.9 Å². The molecule has 11 heteroatoms. The third kappa shape index (κ3) is 5.84. The van der Waals surface area contributed by atoms with Gasteiger partial charge in [0.05, 0.1) is 17.3 Å². The van der Waals surface area contributed by atoms with Gasteiger partial charge >= 0.3 is 0 Å². The van der Waals surface area contributed by atoms with Gasteiger partial charge in [0.2, 0.25) is 11.3 Å². The molecule has 1 aliphatic heterocycles. The van der Waals surface area contributed by atoms with Crippen LogP contribution < -0.4 is 16.9 Å². The number of aromatic nitrogens is 4. The molecule has 0 radical (unpaired) electrons. The zero-order valence-electron chi connectivity index (χ0n) is 28.4. The fraction of sp³-hybridized carbons (Fsp3) is 0.316. The number of anilines is 1. The van der Waals surface area contributed by atoms with E-state index in [0.29, 0.717) is 58.1 Å². The third-order valence-corrected chi connectivity index (χ3v) is 9.50. The lowest BCUT2D eigenvalue weighted by Crippen LogP contribution is -2.40. The first kappa shape index (κ1) is 33.2. The molecule has 4 N–H and O–H groups in total. The van der Waals surface area contributed by atoms with Crippen molar-refractivity contribution in [1.29, 1.82) is 5.26 Å². The lowest BCUT2D eigenvalue weighted by atomic mass is 9.92. The van der Waals surface area contributed by atoms with E-state index in [4.69, 9.17) is 11.5 Å². The lowest BCUT2D eigenvalue weighted by molar-refractivity contribution is -0.135. The summed E-state index contributed by atoms with van der Waals surface area (Å²) in [4.78, 5) is 45.9. The Bertz CT molecular complexity index is 2200. The summed E-state index contributed by atoms with van der Waals surface area (Å²) in [7, 11) is 0. The number of benzene rings is 2. The van der Waals surface area contributed by atoms with Crippen LogP contribution in [0.25, 0.3) is 39.0 Å². The SMILES string of the molecule is Cc1c(-c2cccc(C#N)c2)c(=O)c(C(N)=O)c(-c2ccc(-c3cc(C4CCN(C(=O)C(C)C)CC4)n4ncnc(N)c34)cc2)n1C(C)C. The van der Waals surface area contributed by atoms with Crippen molar-refractivity contribution in [2.75, 3.05) is 18.8 Å². The van der Waals surface area contributed by atoms with Gasteiger partial charge in [0, 0.05) is 53.5 Å². The first-order valence-electron chi connectivity index (χ1n) is 16.5. The van der Waals surface area contributed by atoms with Gasteiger partial charge in [0.15, 0.2) is 5.82 Å². The van der Waals surface area contributed by atoms with Crippen LogP contribution in [0, 0.1) is 24.2 Å². The summed E-state index contributed by atoms with van der Waals surface area (Å²) in [5, 5.41) is 14.1. The maximum Gasteiger partial charge on any atom is 0.254 e. The topological polar surface area (TPSA) is 165 Å². The van der Waals surface area contributed by atoms with Crippen molar-refractivity contribution in [3.8, 4) is 39.6 Å². The molecule has 2 aromatic carbocycles. The van der Waals surface area contributed by atoms with E-state index in [2.05, 4.69) is 22.2 Å². The third-order valence-electron chi connectivity index (χ3n) is 9.50. The number of nitriles is 1. The van der Waals surface area contributed by atoms with Crippen LogP contribution in [-0.2, 0) is 4.79 Å². The van der Waals surface area contributed by atoms with Crippen molar-refractivity contribution >= 4 is 23.1 Å². The zero-order chi connectivity index (χ0) is 35.1. The number of fused-ring (bicyclic) bond motifs is 1. The van der Waals surface area contributed by atoms with Crippen molar-refractivity contribution in [3.63, 3.8) is 0 Å². The molecule has 6 rings (SSSR count). The number of nitrogens with two attached hydrogens (primary N) is 2. The molecule has 0 spiro atoms. The average molecular weight is 657 g/mol. The molecule has 0 atom stereocenters. The maximum atomic E-state index is 14.1. The molecule has 0 unspecified atom stereocenters. The minimum absolute atomic E-state index is 0.0366. The lowest BCUT2D eigenvalue weighted by Gasteiger charge is -2.33. The zero-order valence-corrected chi connectivity index (χ0v) is 28.4. The number of pyridine rings is 1. The summed E-state index contributed by atoms with van der Waals surface area (Å²) in [6.45, 7) is 11.0. The first-order chi connectivity index (χ1) is 23.4.